The topological polar surface area (TPSA) is 26.3 Å². The second-order valence-electron chi connectivity index (χ2n) is 3.88. The van der Waals surface area contributed by atoms with Crippen LogP contribution >= 0.6 is 12.6 Å². The molecule has 2 nitrogen and oxygen atoms in total. The molecule has 3 unspecified atom stereocenters. The molecule has 0 radical (unpaired) electrons. The Morgan fingerprint density at radius 3 is 3.08 bits per heavy atom. The van der Waals surface area contributed by atoms with E-state index in [1.807, 2.05) is 0 Å². The third-order valence-corrected chi connectivity index (χ3v) is 3.59. The van der Waals surface area contributed by atoms with Crippen LogP contribution in [-0.4, -0.2) is 17.8 Å². The zero-order valence-corrected chi connectivity index (χ0v) is 7.93. The highest BCUT2D eigenvalue weighted by atomic mass is 32.1. The molecule has 0 aromatic rings. The predicted molar refractivity (Wildman–Crippen MR) is 49.2 cm³/mol. The van der Waals surface area contributed by atoms with Gasteiger partial charge in [0.1, 0.15) is 0 Å². The molecule has 3 heteroatoms. The lowest BCUT2D eigenvalue weighted by Crippen LogP contribution is -2.16. The first-order chi connectivity index (χ1) is 5.75. The van der Waals surface area contributed by atoms with Crippen molar-refractivity contribution in [2.45, 2.75) is 30.9 Å². The van der Waals surface area contributed by atoms with E-state index in [9.17, 15) is 4.79 Å². The van der Waals surface area contributed by atoms with E-state index in [-0.39, 0.29) is 5.97 Å². The minimum absolute atomic E-state index is 0.0131. The molecule has 0 aromatic heterocycles. The first-order valence-corrected chi connectivity index (χ1v) is 5.11. The van der Waals surface area contributed by atoms with Crippen LogP contribution in [0, 0.1) is 11.8 Å². The molecule has 68 valence electrons. The van der Waals surface area contributed by atoms with Crippen molar-refractivity contribution >= 4 is 18.6 Å². The van der Waals surface area contributed by atoms with E-state index in [4.69, 9.17) is 4.74 Å². The fourth-order valence-corrected chi connectivity index (χ4v) is 2.88. The lowest BCUT2D eigenvalue weighted by Gasteiger charge is -2.16. The molecule has 3 atom stereocenters. The van der Waals surface area contributed by atoms with E-state index in [0.717, 1.165) is 12.8 Å². The molecule has 12 heavy (non-hydrogen) atoms. The summed E-state index contributed by atoms with van der Waals surface area (Å²) in [6.07, 6.45) is 3.91. The minimum atomic E-state index is -0.0131. The lowest BCUT2D eigenvalue weighted by molar-refractivity contribution is -0.145. The third kappa shape index (κ3) is 1.60. The quantitative estimate of drug-likeness (QED) is 0.460. The van der Waals surface area contributed by atoms with Crippen LogP contribution in [0.1, 0.15) is 25.7 Å². The summed E-state index contributed by atoms with van der Waals surface area (Å²) >= 11 is 4.53. The van der Waals surface area contributed by atoms with Crippen LogP contribution in [0.2, 0.25) is 0 Å². The molecule has 0 spiro atoms. The van der Waals surface area contributed by atoms with E-state index >= 15 is 0 Å². The summed E-state index contributed by atoms with van der Waals surface area (Å²) in [5.41, 5.74) is 0. The number of thiol groups is 1. The van der Waals surface area contributed by atoms with Crippen molar-refractivity contribution in [2.24, 2.45) is 11.8 Å². The van der Waals surface area contributed by atoms with Crippen LogP contribution in [0.5, 0.6) is 0 Å². The largest absolute Gasteiger partial charge is 0.466 e. The maximum absolute atomic E-state index is 11.1. The van der Waals surface area contributed by atoms with Gasteiger partial charge in [0, 0.05) is 11.7 Å². The zero-order chi connectivity index (χ0) is 8.55. The molecule has 2 rings (SSSR count). The fraction of sp³-hybridized carbons (Fsp3) is 0.889. The molecule has 1 saturated carbocycles. The molecule has 1 heterocycles. The number of cyclic esters (lactones) is 1. The average Bonchev–Trinajstić information content (AvgIpc) is 2.30. The Labute approximate surface area is 78.1 Å². The number of ether oxygens (including phenoxy) is 1. The standard InChI is InChI=1S/C9H14O2S/c10-9-5-6-3-7(1-2-11-9)8(12)4-6/h6-8,12H,1-5H2. The van der Waals surface area contributed by atoms with E-state index in [1.54, 1.807) is 0 Å². The van der Waals surface area contributed by atoms with Crippen molar-refractivity contribution in [3.63, 3.8) is 0 Å². The first-order valence-electron chi connectivity index (χ1n) is 4.59. The van der Waals surface area contributed by atoms with Crippen LogP contribution in [0.25, 0.3) is 0 Å². The molecule has 0 N–H and O–H groups in total. The first kappa shape index (κ1) is 8.42. The zero-order valence-electron chi connectivity index (χ0n) is 7.03. The lowest BCUT2D eigenvalue weighted by atomic mass is 9.99. The highest BCUT2D eigenvalue weighted by molar-refractivity contribution is 7.81. The number of hydrogen-bond acceptors (Lipinski definition) is 3. The number of fused-ring (bicyclic) bond motifs is 2. The van der Waals surface area contributed by atoms with Crippen molar-refractivity contribution < 1.29 is 9.53 Å². The Hall–Kier alpha value is -0.180. The van der Waals surface area contributed by atoms with Gasteiger partial charge in [-0.05, 0) is 31.1 Å². The Bertz CT molecular complexity index is 193. The molecular formula is C9H14O2S. The predicted octanol–water partition coefficient (Wildman–Crippen LogP) is 1.65. The van der Waals surface area contributed by atoms with Gasteiger partial charge in [-0.15, -0.1) is 0 Å². The van der Waals surface area contributed by atoms with E-state index in [1.165, 1.54) is 6.42 Å². The van der Waals surface area contributed by atoms with Gasteiger partial charge in [0.2, 0.25) is 0 Å². The summed E-state index contributed by atoms with van der Waals surface area (Å²) in [6.45, 7) is 0.604. The van der Waals surface area contributed by atoms with Gasteiger partial charge in [-0.1, -0.05) is 0 Å². The number of esters is 1. The Morgan fingerprint density at radius 1 is 1.42 bits per heavy atom. The third-order valence-electron chi connectivity index (χ3n) is 2.96. The van der Waals surface area contributed by atoms with E-state index < -0.39 is 0 Å². The van der Waals surface area contributed by atoms with Gasteiger partial charge < -0.3 is 4.74 Å². The molecule has 1 aliphatic heterocycles. The van der Waals surface area contributed by atoms with Gasteiger partial charge in [0.25, 0.3) is 0 Å². The molecule has 1 aliphatic carbocycles. The normalized spacial score (nSPS) is 41.8. The molecule has 1 saturated heterocycles. The van der Waals surface area contributed by atoms with Gasteiger partial charge in [0.15, 0.2) is 0 Å². The van der Waals surface area contributed by atoms with Gasteiger partial charge in [-0.25, -0.2) is 0 Å². The molecule has 0 amide bonds. The maximum atomic E-state index is 11.1. The molecule has 2 fully saturated rings. The fourth-order valence-electron chi connectivity index (χ4n) is 2.31. The van der Waals surface area contributed by atoms with Gasteiger partial charge >= 0.3 is 5.97 Å². The Balaban J connectivity index is 2.04. The number of carbonyl (C=O) groups is 1. The van der Waals surface area contributed by atoms with Crippen molar-refractivity contribution in [3.8, 4) is 0 Å². The van der Waals surface area contributed by atoms with E-state index in [0.29, 0.717) is 30.1 Å². The summed E-state index contributed by atoms with van der Waals surface area (Å²) in [7, 11) is 0. The van der Waals surface area contributed by atoms with Gasteiger partial charge in [0.05, 0.1) is 6.61 Å². The average molecular weight is 186 g/mol. The van der Waals surface area contributed by atoms with Crippen molar-refractivity contribution in [2.75, 3.05) is 6.61 Å². The van der Waals surface area contributed by atoms with Crippen LogP contribution < -0.4 is 0 Å². The smallest absolute Gasteiger partial charge is 0.306 e. The summed E-state index contributed by atoms with van der Waals surface area (Å²) in [6, 6.07) is 0. The second kappa shape index (κ2) is 3.29. The number of carbonyl (C=O) groups excluding carboxylic acids is 1. The molecule has 2 bridgehead atoms. The van der Waals surface area contributed by atoms with Crippen LogP contribution in [0.3, 0.4) is 0 Å². The monoisotopic (exact) mass is 186 g/mol. The molecule has 0 aromatic carbocycles. The highest BCUT2D eigenvalue weighted by Gasteiger charge is 2.34. The SMILES string of the molecule is O=C1CC2CC(S)C(CCO1)C2. The van der Waals surface area contributed by atoms with Crippen LogP contribution in [0.4, 0.5) is 0 Å². The van der Waals surface area contributed by atoms with Crippen molar-refractivity contribution in [3.05, 3.63) is 0 Å². The summed E-state index contributed by atoms with van der Waals surface area (Å²) in [5.74, 6) is 1.22. The van der Waals surface area contributed by atoms with Gasteiger partial charge in [-0.2, -0.15) is 12.6 Å². The van der Waals surface area contributed by atoms with Crippen molar-refractivity contribution in [1.82, 2.24) is 0 Å². The maximum Gasteiger partial charge on any atom is 0.306 e. The summed E-state index contributed by atoms with van der Waals surface area (Å²) < 4.78 is 5.04. The van der Waals surface area contributed by atoms with Crippen LogP contribution in [0.15, 0.2) is 0 Å². The van der Waals surface area contributed by atoms with E-state index in [2.05, 4.69) is 12.6 Å². The summed E-state index contributed by atoms with van der Waals surface area (Å²) in [5, 5.41) is 0.504. The number of rotatable bonds is 0. The number of hydrogen-bond donors (Lipinski definition) is 1. The highest BCUT2D eigenvalue weighted by Crippen LogP contribution is 2.39. The molecule has 2 aliphatic rings. The molecular weight excluding hydrogens is 172 g/mol. The van der Waals surface area contributed by atoms with Crippen LogP contribution in [-0.2, 0) is 9.53 Å². The van der Waals surface area contributed by atoms with Crippen molar-refractivity contribution in [1.29, 1.82) is 0 Å². The second-order valence-corrected chi connectivity index (χ2v) is 4.54. The Kier molecular flexibility index (Phi) is 2.31. The Morgan fingerprint density at radius 2 is 2.25 bits per heavy atom. The van der Waals surface area contributed by atoms with Gasteiger partial charge in [-0.3, -0.25) is 4.79 Å². The summed E-state index contributed by atoms with van der Waals surface area (Å²) in [4.78, 5) is 11.1. The minimum Gasteiger partial charge on any atom is -0.466 e.